The van der Waals surface area contributed by atoms with Gasteiger partial charge in [0, 0.05) is 19.3 Å². The predicted molar refractivity (Wildman–Crippen MR) is 283 cm³/mol. The Hall–Kier alpha value is -3.93. The van der Waals surface area contributed by atoms with Gasteiger partial charge in [0.25, 0.3) is 0 Å². The molecule has 0 spiro atoms. The van der Waals surface area contributed by atoms with Crippen molar-refractivity contribution in [3.8, 4) is 0 Å². The molecule has 0 aromatic heterocycles. The van der Waals surface area contributed by atoms with E-state index in [1.807, 2.05) is 12.2 Å². The summed E-state index contributed by atoms with van der Waals surface area (Å²) in [5.41, 5.74) is 0. The second kappa shape index (κ2) is 53.7. The van der Waals surface area contributed by atoms with Gasteiger partial charge in [-0.1, -0.05) is 226 Å². The van der Waals surface area contributed by atoms with Crippen molar-refractivity contribution < 1.29 is 28.6 Å². The van der Waals surface area contributed by atoms with Gasteiger partial charge in [-0.15, -0.1) is 0 Å². The zero-order valence-corrected chi connectivity index (χ0v) is 42.7. The molecule has 0 aromatic rings. The van der Waals surface area contributed by atoms with Crippen LogP contribution in [0.5, 0.6) is 0 Å². The smallest absolute Gasteiger partial charge is 0.306 e. The number of ether oxygens (including phenoxy) is 3. The zero-order valence-electron chi connectivity index (χ0n) is 42.7. The van der Waals surface area contributed by atoms with Gasteiger partial charge in [0.15, 0.2) is 6.10 Å². The Kier molecular flexibility index (Phi) is 50.5. The summed E-state index contributed by atoms with van der Waals surface area (Å²) in [5, 5.41) is 0. The van der Waals surface area contributed by atoms with Crippen LogP contribution in [-0.2, 0) is 28.6 Å². The maximum Gasteiger partial charge on any atom is 0.306 e. The van der Waals surface area contributed by atoms with Crippen LogP contribution < -0.4 is 0 Å². The number of carbonyl (C=O) groups is 3. The van der Waals surface area contributed by atoms with E-state index in [2.05, 4.69) is 118 Å². The molecule has 374 valence electrons. The minimum atomic E-state index is -0.820. The van der Waals surface area contributed by atoms with Crippen molar-refractivity contribution in [1.82, 2.24) is 0 Å². The van der Waals surface area contributed by atoms with Crippen LogP contribution in [0.3, 0.4) is 0 Å². The molecule has 0 heterocycles. The molecule has 0 N–H and O–H groups in total. The first-order valence-corrected chi connectivity index (χ1v) is 26.9. The van der Waals surface area contributed by atoms with E-state index >= 15 is 0 Å². The van der Waals surface area contributed by atoms with Crippen LogP contribution in [0.1, 0.15) is 233 Å². The van der Waals surface area contributed by atoms with Gasteiger partial charge >= 0.3 is 17.9 Å². The highest BCUT2D eigenvalue weighted by molar-refractivity contribution is 5.71. The molecule has 0 aliphatic heterocycles. The van der Waals surface area contributed by atoms with Crippen molar-refractivity contribution in [3.05, 3.63) is 109 Å². The van der Waals surface area contributed by atoms with Gasteiger partial charge in [-0.3, -0.25) is 14.4 Å². The Bertz CT molecular complexity index is 1370. The molecule has 0 aromatic carbocycles. The van der Waals surface area contributed by atoms with Crippen LogP contribution in [0, 0.1) is 0 Å². The third-order valence-corrected chi connectivity index (χ3v) is 11.0. The molecular formula is C60H98O6. The molecule has 0 radical (unpaired) electrons. The van der Waals surface area contributed by atoms with Crippen molar-refractivity contribution in [1.29, 1.82) is 0 Å². The lowest BCUT2D eigenvalue weighted by Crippen LogP contribution is -2.30. The number of rotatable bonds is 47. The van der Waals surface area contributed by atoms with Crippen molar-refractivity contribution in [2.75, 3.05) is 13.2 Å². The van der Waals surface area contributed by atoms with E-state index in [0.29, 0.717) is 12.8 Å². The summed E-state index contributed by atoms with van der Waals surface area (Å²) in [7, 11) is 0. The van der Waals surface area contributed by atoms with Crippen LogP contribution in [0.2, 0.25) is 0 Å². The van der Waals surface area contributed by atoms with E-state index in [1.54, 1.807) is 0 Å². The lowest BCUT2D eigenvalue weighted by molar-refractivity contribution is -0.166. The van der Waals surface area contributed by atoms with Crippen molar-refractivity contribution in [2.45, 2.75) is 239 Å². The van der Waals surface area contributed by atoms with E-state index in [0.717, 1.165) is 103 Å². The summed E-state index contributed by atoms with van der Waals surface area (Å²) >= 11 is 0. The van der Waals surface area contributed by atoms with Crippen LogP contribution in [0.25, 0.3) is 0 Å². The molecule has 0 bridgehead atoms. The summed E-state index contributed by atoms with van der Waals surface area (Å²) < 4.78 is 16.7. The minimum absolute atomic E-state index is 0.111. The first-order valence-electron chi connectivity index (χ1n) is 26.9. The average Bonchev–Trinajstić information content (AvgIpc) is 3.31. The molecule has 0 unspecified atom stereocenters. The Labute approximate surface area is 406 Å². The van der Waals surface area contributed by atoms with Gasteiger partial charge in [0.1, 0.15) is 13.2 Å². The molecule has 0 saturated heterocycles. The number of carbonyl (C=O) groups excluding carboxylic acids is 3. The fraction of sp³-hybridized carbons (Fsp3) is 0.650. The second-order valence-corrected chi connectivity index (χ2v) is 17.4. The Balaban J connectivity index is 4.54. The van der Waals surface area contributed by atoms with Crippen LogP contribution in [0.4, 0.5) is 0 Å². The standard InChI is InChI=1S/C60H98O6/c1-4-7-10-13-16-19-22-25-27-29-30-32-33-35-38-41-44-47-50-53-59(62)65-56-57(55-64-58(61)52-49-46-43-40-37-24-21-18-15-12-9-6-3)66-60(63)54-51-48-45-42-39-36-34-31-28-26-23-20-17-14-11-8-5-2/h7,10,16-17,19-20,25-28,30,32,34-36,38,44,47,57H,4-6,8-9,11-15,18,21-24,29,31,33,37,39-43,45-46,48-56H2,1-3H3/b10-7-,19-16-,20-17-,27-25-,28-26-,32-30-,36-34-,38-35-,47-44-/t57-/m1/s1. The maximum atomic E-state index is 12.8. The molecule has 66 heavy (non-hydrogen) atoms. The lowest BCUT2D eigenvalue weighted by atomic mass is 10.0. The van der Waals surface area contributed by atoms with Gasteiger partial charge in [-0.2, -0.15) is 0 Å². The van der Waals surface area contributed by atoms with Crippen LogP contribution >= 0.6 is 0 Å². The monoisotopic (exact) mass is 915 g/mol. The zero-order chi connectivity index (χ0) is 47.9. The summed E-state index contributed by atoms with van der Waals surface area (Å²) in [4.78, 5) is 38.0. The Morgan fingerprint density at radius 3 is 1.05 bits per heavy atom. The first kappa shape index (κ1) is 62.1. The van der Waals surface area contributed by atoms with E-state index in [-0.39, 0.29) is 44.0 Å². The third-order valence-electron chi connectivity index (χ3n) is 11.0. The highest BCUT2D eigenvalue weighted by Crippen LogP contribution is 2.14. The van der Waals surface area contributed by atoms with Crippen LogP contribution in [0.15, 0.2) is 109 Å². The third kappa shape index (κ3) is 51.1. The summed E-state index contributed by atoms with van der Waals surface area (Å²) in [6.45, 7) is 6.40. The number of hydrogen-bond acceptors (Lipinski definition) is 6. The quantitative estimate of drug-likeness (QED) is 0.0262. The van der Waals surface area contributed by atoms with Gasteiger partial charge in [0.2, 0.25) is 0 Å². The van der Waals surface area contributed by atoms with Gasteiger partial charge in [-0.05, 0) is 96.3 Å². The van der Waals surface area contributed by atoms with E-state index in [4.69, 9.17) is 14.2 Å². The van der Waals surface area contributed by atoms with Crippen LogP contribution in [-0.4, -0.2) is 37.2 Å². The molecular weight excluding hydrogens is 817 g/mol. The highest BCUT2D eigenvalue weighted by Gasteiger charge is 2.19. The largest absolute Gasteiger partial charge is 0.462 e. The molecule has 0 fully saturated rings. The molecule has 6 nitrogen and oxygen atoms in total. The summed E-state index contributed by atoms with van der Waals surface area (Å²) in [5.74, 6) is -1.02. The fourth-order valence-corrected chi connectivity index (χ4v) is 7.00. The topological polar surface area (TPSA) is 78.9 Å². The normalized spacial score (nSPS) is 13.0. The molecule has 0 amide bonds. The van der Waals surface area contributed by atoms with Gasteiger partial charge in [-0.25, -0.2) is 0 Å². The molecule has 0 saturated carbocycles. The Morgan fingerprint density at radius 2 is 0.621 bits per heavy atom. The first-order chi connectivity index (χ1) is 32.5. The predicted octanol–water partition coefficient (Wildman–Crippen LogP) is 17.9. The number of unbranched alkanes of at least 4 members (excludes halogenated alkanes) is 18. The highest BCUT2D eigenvalue weighted by atomic mass is 16.6. The molecule has 0 aliphatic carbocycles. The molecule has 6 heteroatoms. The molecule has 1 atom stereocenters. The van der Waals surface area contributed by atoms with E-state index in [1.165, 1.54) is 83.5 Å². The van der Waals surface area contributed by atoms with Crippen molar-refractivity contribution in [3.63, 3.8) is 0 Å². The Morgan fingerprint density at radius 1 is 0.318 bits per heavy atom. The number of esters is 3. The number of hydrogen-bond donors (Lipinski definition) is 0. The number of allylic oxidation sites excluding steroid dienone is 18. The van der Waals surface area contributed by atoms with Crippen molar-refractivity contribution >= 4 is 17.9 Å². The van der Waals surface area contributed by atoms with E-state index in [9.17, 15) is 14.4 Å². The molecule has 0 aliphatic rings. The average molecular weight is 915 g/mol. The summed E-state index contributed by atoms with van der Waals surface area (Å²) in [6, 6.07) is 0. The van der Waals surface area contributed by atoms with Gasteiger partial charge < -0.3 is 14.2 Å². The SMILES string of the molecule is CC/C=C\C/C=C\C/C=C\C/C=C\C/C=C\C/C=C\CCC(=O)OC[C@@H](COC(=O)CCCCCCCCCCCCCC)OC(=O)CCCCCC/C=C\C/C=C\C/C=C\CCCCC. The summed E-state index contributed by atoms with van der Waals surface area (Å²) in [6.07, 6.45) is 72.2. The van der Waals surface area contributed by atoms with Gasteiger partial charge in [0.05, 0.1) is 0 Å². The van der Waals surface area contributed by atoms with E-state index < -0.39 is 6.10 Å². The second-order valence-electron chi connectivity index (χ2n) is 17.4. The lowest BCUT2D eigenvalue weighted by Gasteiger charge is -2.18. The fourth-order valence-electron chi connectivity index (χ4n) is 7.00. The maximum absolute atomic E-state index is 12.8. The van der Waals surface area contributed by atoms with Crippen molar-refractivity contribution in [2.24, 2.45) is 0 Å². The minimum Gasteiger partial charge on any atom is -0.462 e. The molecule has 0 rings (SSSR count).